The molecule has 0 unspecified atom stereocenters. The van der Waals surface area contributed by atoms with Crippen LogP contribution in [0.3, 0.4) is 0 Å². The van der Waals surface area contributed by atoms with E-state index in [1.165, 1.54) is 12.1 Å². The van der Waals surface area contributed by atoms with Gasteiger partial charge in [-0.25, -0.2) is 14.4 Å². The van der Waals surface area contributed by atoms with Gasteiger partial charge in [0, 0.05) is 34.5 Å². The minimum atomic E-state index is -0.353. The molecule has 0 radical (unpaired) electrons. The molecule has 4 rings (SSSR count). The van der Waals surface area contributed by atoms with Crippen molar-refractivity contribution >= 4 is 28.2 Å². The Balaban J connectivity index is 1.78. The summed E-state index contributed by atoms with van der Waals surface area (Å²) in [5, 5.41) is 4.03. The van der Waals surface area contributed by atoms with Crippen LogP contribution in [0.4, 0.5) is 21.7 Å². The van der Waals surface area contributed by atoms with Crippen molar-refractivity contribution in [1.29, 1.82) is 0 Å². The Labute approximate surface area is 179 Å². The maximum absolute atomic E-state index is 13.9. The summed E-state index contributed by atoms with van der Waals surface area (Å²) >= 11 is 0. The third kappa shape index (κ3) is 4.35. The molecule has 0 aliphatic rings. The molecule has 158 valence electrons. The van der Waals surface area contributed by atoms with Gasteiger partial charge < -0.3 is 20.5 Å². The first-order valence-corrected chi connectivity index (χ1v) is 9.87. The van der Waals surface area contributed by atoms with Gasteiger partial charge in [0.05, 0.1) is 24.4 Å². The van der Waals surface area contributed by atoms with Crippen LogP contribution < -0.4 is 20.5 Å². The minimum absolute atomic E-state index is 0.0945. The SMILES string of the molecule is COc1ccc(Nc2ncc3cccc(-c4ccc(F)cc4OC(C)C)c3n2)cc1N. The zero-order valence-corrected chi connectivity index (χ0v) is 17.5. The molecule has 7 heteroatoms. The number of hydrogen-bond donors (Lipinski definition) is 2. The molecule has 0 aliphatic heterocycles. The number of nitrogen functional groups attached to an aromatic ring is 1. The number of fused-ring (bicyclic) bond motifs is 1. The zero-order chi connectivity index (χ0) is 22.0. The Morgan fingerprint density at radius 2 is 1.84 bits per heavy atom. The molecule has 0 spiro atoms. The zero-order valence-electron chi connectivity index (χ0n) is 17.5. The van der Waals surface area contributed by atoms with Crippen molar-refractivity contribution in [2.75, 3.05) is 18.2 Å². The van der Waals surface area contributed by atoms with Gasteiger partial charge in [-0.1, -0.05) is 18.2 Å². The molecular weight excluding hydrogens is 395 g/mol. The van der Waals surface area contributed by atoms with Crippen molar-refractivity contribution in [3.8, 4) is 22.6 Å². The third-order valence-corrected chi connectivity index (χ3v) is 4.69. The fourth-order valence-corrected chi connectivity index (χ4v) is 3.34. The average Bonchev–Trinajstić information content (AvgIpc) is 2.73. The topological polar surface area (TPSA) is 82.3 Å². The normalized spacial score (nSPS) is 11.0. The fraction of sp³-hybridized carbons (Fsp3) is 0.167. The number of hydrogen-bond acceptors (Lipinski definition) is 6. The Morgan fingerprint density at radius 1 is 1.00 bits per heavy atom. The first-order valence-electron chi connectivity index (χ1n) is 9.87. The van der Waals surface area contributed by atoms with Crippen LogP contribution >= 0.6 is 0 Å². The van der Waals surface area contributed by atoms with E-state index in [0.717, 1.165) is 27.7 Å². The van der Waals surface area contributed by atoms with Gasteiger partial charge in [-0.15, -0.1) is 0 Å². The van der Waals surface area contributed by atoms with E-state index >= 15 is 0 Å². The van der Waals surface area contributed by atoms with Crippen molar-refractivity contribution in [3.05, 3.63) is 66.6 Å². The largest absolute Gasteiger partial charge is 0.495 e. The van der Waals surface area contributed by atoms with Gasteiger partial charge in [0.2, 0.25) is 5.95 Å². The third-order valence-electron chi connectivity index (χ3n) is 4.69. The lowest BCUT2D eigenvalue weighted by atomic mass is 10.0. The van der Waals surface area contributed by atoms with E-state index in [1.54, 1.807) is 31.5 Å². The maximum atomic E-state index is 13.9. The number of aromatic nitrogens is 2. The average molecular weight is 418 g/mol. The molecule has 0 saturated carbocycles. The van der Waals surface area contributed by atoms with E-state index in [1.807, 2.05) is 38.1 Å². The molecule has 4 aromatic rings. The van der Waals surface area contributed by atoms with Crippen molar-refractivity contribution in [3.63, 3.8) is 0 Å². The summed E-state index contributed by atoms with van der Waals surface area (Å²) in [6.45, 7) is 3.81. The number of nitrogens with zero attached hydrogens (tertiary/aromatic N) is 2. The molecule has 6 nitrogen and oxygen atoms in total. The lowest BCUT2D eigenvalue weighted by Crippen LogP contribution is -2.07. The minimum Gasteiger partial charge on any atom is -0.495 e. The second kappa shape index (κ2) is 8.47. The van der Waals surface area contributed by atoms with Crippen molar-refractivity contribution < 1.29 is 13.9 Å². The van der Waals surface area contributed by atoms with Crippen molar-refractivity contribution in [2.24, 2.45) is 0 Å². The molecule has 0 saturated heterocycles. The van der Waals surface area contributed by atoms with Crippen LogP contribution in [0.2, 0.25) is 0 Å². The van der Waals surface area contributed by atoms with Crippen LogP contribution in [0.5, 0.6) is 11.5 Å². The number of methoxy groups -OCH3 is 1. The second-order valence-electron chi connectivity index (χ2n) is 7.33. The van der Waals surface area contributed by atoms with Crippen LogP contribution in [0.25, 0.3) is 22.0 Å². The summed E-state index contributed by atoms with van der Waals surface area (Å²) in [6.07, 6.45) is 1.65. The Bertz CT molecular complexity index is 1240. The van der Waals surface area contributed by atoms with E-state index in [2.05, 4.69) is 10.3 Å². The summed E-state index contributed by atoms with van der Waals surface area (Å²) in [7, 11) is 1.57. The smallest absolute Gasteiger partial charge is 0.227 e. The molecule has 31 heavy (non-hydrogen) atoms. The number of para-hydroxylation sites is 1. The summed E-state index contributed by atoms with van der Waals surface area (Å²) in [5.74, 6) is 1.13. The summed E-state index contributed by atoms with van der Waals surface area (Å²) in [6, 6.07) is 15.7. The molecule has 0 fully saturated rings. The molecule has 3 N–H and O–H groups in total. The lowest BCUT2D eigenvalue weighted by Gasteiger charge is -2.16. The van der Waals surface area contributed by atoms with Gasteiger partial charge in [0.1, 0.15) is 17.3 Å². The molecule has 1 heterocycles. The number of benzene rings is 3. The van der Waals surface area contributed by atoms with E-state index < -0.39 is 0 Å². The number of halogens is 1. The summed E-state index contributed by atoms with van der Waals surface area (Å²) < 4.78 is 24.9. The van der Waals surface area contributed by atoms with E-state index in [-0.39, 0.29) is 11.9 Å². The maximum Gasteiger partial charge on any atom is 0.227 e. The van der Waals surface area contributed by atoms with Gasteiger partial charge in [-0.3, -0.25) is 0 Å². The van der Waals surface area contributed by atoms with Crippen molar-refractivity contribution in [1.82, 2.24) is 9.97 Å². The molecule has 1 aromatic heterocycles. The quantitative estimate of drug-likeness (QED) is 0.399. The highest BCUT2D eigenvalue weighted by Crippen LogP contribution is 2.36. The van der Waals surface area contributed by atoms with Gasteiger partial charge in [0.25, 0.3) is 0 Å². The fourth-order valence-electron chi connectivity index (χ4n) is 3.34. The molecule has 0 bridgehead atoms. The highest BCUT2D eigenvalue weighted by atomic mass is 19.1. The van der Waals surface area contributed by atoms with Crippen LogP contribution in [0, 0.1) is 5.82 Å². The first kappa shape index (κ1) is 20.4. The van der Waals surface area contributed by atoms with Gasteiger partial charge in [-0.05, 0) is 44.2 Å². The second-order valence-corrected chi connectivity index (χ2v) is 7.33. The van der Waals surface area contributed by atoms with Crippen molar-refractivity contribution in [2.45, 2.75) is 20.0 Å². The standard InChI is InChI=1S/C24H23FN4O2/c1-14(2)31-22-11-16(25)7-9-18(22)19-6-4-5-15-13-27-24(29-23(15)19)28-17-8-10-21(30-3)20(26)12-17/h4-14H,26H2,1-3H3,(H,27,28,29). The van der Waals surface area contributed by atoms with E-state index in [0.29, 0.717) is 23.1 Å². The van der Waals surface area contributed by atoms with E-state index in [9.17, 15) is 4.39 Å². The highest BCUT2D eigenvalue weighted by Gasteiger charge is 2.14. The predicted octanol–water partition coefficient (Wildman–Crippen LogP) is 5.56. The monoisotopic (exact) mass is 418 g/mol. The molecule has 3 aromatic carbocycles. The lowest BCUT2D eigenvalue weighted by molar-refractivity contribution is 0.242. The molecular formula is C24H23FN4O2. The van der Waals surface area contributed by atoms with E-state index in [4.69, 9.17) is 20.2 Å². The predicted molar refractivity (Wildman–Crippen MR) is 121 cm³/mol. The first-order chi connectivity index (χ1) is 14.9. The number of nitrogens with two attached hydrogens (primary N) is 1. The Kier molecular flexibility index (Phi) is 5.58. The number of anilines is 3. The van der Waals surface area contributed by atoms with Crippen LogP contribution in [0.15, 0.2) is 60.8 Å². The highest BCUT2D eigenvalue weighted by molar-refractivity contribution is 5.95. The van der Waals surface area contributed by atoms with Crippen LogP contribution in [0.1, 0.15) is 13.8 Å². The van der Waals surface area contributed by atoms with Gasteiger partial charge in [-0.2, -0.15) is 0 Å². The summed E-state index contributed by atoms with van der Waals surface area (Å²) in [4.78, 5) is 9.13. The van der Waals surface area contributed by atoms with Gasteiger partial charge in [0.15, 0.2) is 0 Å². The Hall–Kier alpha value is -3.87. The molecule has 0 aliphatic carbocycles. The Morgan fingerprint density at radius 3 is 2.58 bits per heavy atom. The number of nitrogens with one attached hydrogen (secondary N) is 1. The number of rotatable bonds is 6. The van der Waals surface area contributed by atoms with Gasteiger partial charge >= 0.3 is 0 Å². The van der Waals surface area contributed by atoms with Crippen LogP contribution in [-0.2, 0) is 0 Å². The molecule has 0 atom stereocenters. The number of ether oxygens (including phenoxy) is 2. The molecule has 0 amide bonds. The van der Waals surface area contributed by atoms with Crippen LogP contribution in [-0.4, -0.2) is 23.2 Å². The summed E-state index contributed by atoms with van der Waals surface area (Å²) in [5.41, 5.74) is 9.55.